The summed E-state index contributed by atoms with van der Waals surface area (Å²) in [5.41, 5.74) is 2.74. The molecule has 1 N–H and O–H groups in total. The summed E-state index contributed by atoms with van der Waals surface area (Å²) < 4.78 is 1.55. The first kappa shape index (κ1) is 18.6. The summed E-state index contributed by atoms with van der Waals surface area (Å²) in [7, 11) is 0. The van der Waals surface area contributed by atoms with Gasteiger partial charge in [-0.3, -0.25) is 9.69 Å². The summed E-state index contributed by atoms with van der Waals surface area (Å²) >= 11 is 0. The second-order valence-corrected chi connectivity index (χ2v) is 7.65. The molecule has 140 valence electrons. The Bertz CT molecular complexity index is 681. The summed E-state index contributed by atoms with van der Waals surface area (Å²) in [5, 5.41) is 7.11. The molecule has 0 saturated carbocycles. The molecule has 6 heteroatoms. The van der Waals surface area contributed by atoms with Crippen LogP contribution in [0.2, 0.25) is 0 Å². The van der Waals surface area contributed by atoms with E-state index in [0.29, 0.717) is 5.92 Å². The van der Waals surface area contributed by atoms with Crippen LogP contribution in [0.25, 0.3) is 0 Å². The van der Waals surface area contributed by atoms with Crippen molar-refractivity contribution in [3.63, 3.8) is 0 Å². The van der Waals surface area contributed by atoms with E-state index >= 15 is 0 Å². The predicted molar refractivity (Wildman–Crippen MR) is 101 cm³/mol. The first-order chi connectivity index (χ1) is 12.6. The Balaban J connectivity index is 1.47. The molecule has 1 aromatic heterocycles. The normalized spacial score (nSPS) is 18.2. The fourth-order valence-electron chi connectivity index (χ4n) is 3.56. The second kappa shape index (κ2) is 8.94. The maximum Gasteiger partial charge on any atom is 0.242 e. The van der Waals surface area contributed by atoms with Crippen molar-refractivity contribution in [3.8, 4) is 0 Å². The maximum atomic E-state index is 12.2. The largest absolute Gasteiger partial charge is 0.350 e. The molecule has 0 unspecified atom stereocenters. The lowest BCUT2D eigenvalue weighted by Crippen LogP contribution is -2.48. The quantitative estimate of drug-likeness (QED) is 0.827. The number of nitrogens with one attached hydrogen (secondary N) is 1. The number of likely N-dealkylation sites (tertiary alicyclic amines) is 1. The molecule has 1 saturated heterocycles. The molecule has 1 aliphatic rings. The molecule has 0 aliphatic carbocycles. The lowest BCUT2D eigenvalue weighted by atomic mass is 10.0. The molecule has 6 nitrogen and oxygen atoms in total. The van der Waals surface area contributed by atoms with Crippen LogP contribution < -0.4 is 5.32 Å². The zero-order valence-corrected chi connectivity index (χ0v) is 15.8. The highest BCUT2D eigenvalue weighted by Crippen LogP contribution is 2.15. The van der Waals surface area contributed by atoms with E-state index in [9.17, 15) is 4.79 Å². The average molecular weight is 355 g/mol. The Hall–Kier alpha value is -2.21. The van der Waals surface area contributed by atoms with Gasteiger partial charge >= 0.3 is 0 Å². The van der Waals surface area contributed by atoms with Gasteiger partial charge in [-0.05, 0) is 42.9 Å². The van der Waals surface area contributed by atoms with Crippen LogP contribution in [0, 0.1) is 5.92 Å². The van der Waals surface area contributed by atoms with Crippen molar-refractivity contribution in [1.82, 2.24) is 25.0 Å². The topological polar surface area (TPSA) is 63.1 Å². The van der Waals surface area contributed by atoms with E-state index in [2.05, 4.69) is 58.4 Å². The number of aromatic nitrogens is 3. The third-order valence-corrected chi connectivity index (χ3v) is 4.72. The van der Waals surface area contributed by atoms with Gasteiger partial charge in [0.25, 0.3) is 0 Å². The van der Waals surface area contributed by atoms with Crippen LogP contribution in [-0.2, 0) is 24.3 Å². The van der Waals surface area contributed by atoms with Crippen molar-refractivity contribution in [1.29, 1.82) is 0 Å². The highest BCUT2D eigenvalue weighted by atomic mass is 16.2. The number of amides is 1. The van der Waals surface area contributed by atoms with E-state index in [1.165, 1.54) is 17.5 Å². The van der Waals surface area contributed by atoms with Gasteiger partial charge in [0, 0.05) is 19.1 Å². The number of hydrogen-bond acceptors (Lipinski definition) is 4. The minimum atomic E-state index is 0.000360. The summed E-state index contributed by atoms with van der Waals surface area (Å²) in [4.78, 5) is 18.4. The molecule has 1 atom stereocenters. The van der Waals surface area contributed by atoms with E-state index in [4.69, 9.17) is 0 Å². The van der Waals surface area contributed by atoms with Crippen molar-refractivity contribution in [2.45, 2.75) is 52.2 Å². The average Bonchev–Trinajstić information content (AvgIpc) is 3.09. The van der Waals surface area contributed by atoms with E-state index in [-0.39, 0.29) is 18.5 Å². The molecular weight excluding hydrogens is 326 g/mol. The second-order valence-electron chi connectivity index (χ2n) is 7.65. The number of rotatable bonds is 7. The summed E-state index contributed by atoms with van der Waals surface area (Å²) in [6, 6.07) is 9.18. The fourth-order valence-corrected chi connectivity index (χ4v) is 3.56. The molecule has 1 fully saturated rings. The summed E-state index contributed by atoms with van der Waals surface area (Å²) in [6.07, 6.45) is 6.29. The van der Waals surface area contributed by atoms with Crippen LogP contribution >= 0.6 is 0 Å². The highest BCUT2D eigenvalue weighted by molar-refractivity contribution is 5.75. The van der Waals surface area contributed by atoms with Crippen LogP contribution in [0.5, 0.6) is 0 Å². The van der Waals surface area contributed by atoms with Gasteiger partial charge in [-0.15, -0.1) is 0 Å². The molecular formula is C20H29N5O. The number of hydrogen-bond donors (Lipinski definition) is 1. The third kappa shape index (κ3) is 5.66. The highest BCUT2D eigenvalue weighted by Gasteiger charge is 2.21. The molecule has 1 aliphatic heterocycles. The van der Waals surface area contributed by atoms with Crippen molar-refractivity contribution in [3.05, 3.63) is 48.0 Å². The molecule has 0 radical (unpaired) electrons. The summed E-state index contributed by atoms with van der Waals surface area (Å²) in [5.74, 6) is 0.685. The maximum absolute atomic E-state index is 12.2. The number of carbonyl (C=O) groups excluding carboxylic acids is 1. The number of carbonyl (C=O) groups is 1. The Labute approximate surface area is 155 Å². The smallest absolute Gasteiger partial charge is 0.242 e. The molecule has 3 rings (SSSR count). The van der Waals surface area contributed by atoms with E-state index < -0.39 is 0 Å². The van der Waals surface area contributed by atoms with Gasteiger partial charge < -0.3 is 5.32 Å². The number of nitrogens with zero attached hydrogens (tertiary/aromatic N) is 4. The van der Waals surface area contributed by atoms with Crippen molar-refractivity contribution in [2.75, 3.05) is 13.1 Å². The van der Waals surface area contributed by atoms with Crippen LogP contribution in [0.4, 0.5) is 0 Å². The molecule has 0 bridgehead atoms. The van der Waals surface area contributed by atoms with E-state index in [1.54, 1.807) is 11.0 Å². The number of benzene rings is 1. The van der Waals surface area contributed by atoms with Crippen LogP contribution in [-0.4, -0.2) is 44.7 Å². The molecule has 26 heavy (non-hydrogen) atoms. The molecule has 2 heterocycles. The third-order valence-electron chi connectivity index (χ3n) is 4.72. The Morgan fingerprint density at radius 2 is 2.04 bits per heavy atom. The van der Waals surface area contributed by atoms with Crippen LogP contribution in [0.1, 0.15) is 37.8 Å². The van der Waals surface area contributed by atoms with Gasteiger partial charge in [0.05, 0.1) is 0 Å². The molecule has 0 spiro atoms. The zero-order chi connectivity index (χ0) is 18.4. The Kier molecular flexibility index (Phi) is 6.39. The molecule has 1 amide bonds. The van der Waals surface area contributed by atoms with Gasteiger partial charge in [-0.1, -0.05) is 38.1 Å². The first-order valence-corrected chi connectivity index (χ1v) is 9.50. The minimum absolute atomic E-state index is 0.000360. The first-order valence-electron chi connectivity index (χ1n) is 9.50. The van der Waals surface area contributed by atoms with Gasteiger partial charge in [0.15, 0.2) is 0 Å². The van der Waals surface area contributed by atoms with Crippen molar-refractivity contribution < 1.29 is 4.79 Å². The van der Waals surface area contributed by atoms with Gasteiger partial charge in [0.2, 0.25) is 5.91 Å². The standard InChI is InChI=1S/C20H29N5O/c1-16(2)10-17-5-7-18(8-6-17)11-24-9-3-4-19(12-24)23-20(26)13-25-15-21-14-22-25/h5-8,14-16,19H,3-4,9-13H2,1-2H3,(H,23,26)/t19-/m0/s1. The predicted octanol–water partition coefficient (Wildman–Crippen LogP) is 2.26. The SMILES string of the molecule is CC(C)Cc1ccc(CN2CCC[C@H](NC(=O)Cn3cncn3)C2)cc1. The van der Waals surface area contributed by atoms with E-state index in [0.717, 1.165) is 38.9 Å². The molecule has 2 aromatic rings. The van der Waals surface area contributed by atoms with Gasteiger partial charge in [-0.2, -0.15) is 5.10 Å². The van der Waals surface area contributed by atoms with Crippen molar-refractivity contribution >= 4 is 5.91 Å². The van der Waals surface area contributed by atoms with Gasteiger partial charge in [0.1, 0.15) is 19.2 Å². The number of piperidine rings is 1. The van der Waals surface area contributed by atoms with Gasteiger partial charge in [-0.25, -0.2) is 9.67 Å². The zero-order valence-electron chi connectivity index (χ0n) is 15.8. The molecule has 1 aromatic carbocycles. The summed E-state index contributed by atoms with van der Waals surface area (Å²) in [6.45, 7) is 7.66. The van der Waals surface area contributed by atoms with Crippen LogP contribution in [0.3, 0.4) is 0 Å². The Morgan fingerprint density at radius 3 is 2.73 bits per heavy atom. The minimum Gasteiger partial charge on any atom is -0.350 e. The monoisotopic (exact) mass is 355 g/mol. The van der Waals surface area contributed by atoms with Crippen molar-refractivity contribution in [2.24, 2.45) is 5.92 Å². The Morgan fingerprint density at radius 1 is 1.27 bits per heavy atom. The van der Waals surface area contributed by atoms with E-state index in [1.807, 2.05) is 0 Å². The fraction of sp³-hybridized carbons (Fsp3) is 0.550. The lowest BCUT2D eigenvalue weighted by molar-refractivity contribution is -0.122. The lowest BCUT2D eigenvalue weighted by Gasteiger charge is -2.33. The van der Waals surface area contributed by atoms with Crippen LogP contribution in [0.15, 0.2) is 36.9 Å².